The minimum Gasteiger partial charge on any atom is -0.454 e. The summed E-state index contributed by atoms with van der Waals surface area (Å²) in [6.07, 6.45) is 1.17. The van der Waals surface area contributed by atoms with Gasteiger partial charge in [0.2, 0.25) is 0 Å². The molecule has 2 aromatic carbocycles. The van der Waals surface area contributed by atoms with E-state index in [1.54, 1.807) is 24.3 Å². The minimum absolute atomic E-state index is 0.244. The van der Waals surface area contributed by atoms with E-state index in [9.17, 15) is 8.42 Å². The molecule has 0 amide bonds. The maximum Gasteiger partial charge on any atom is 0.175 e. The van der Waals surface area contributed by atoms with E-state index in [0.717, 1.165) is 5.39 Å². The van der Waals surface area contributed by atoms with Crippen molar-refractivity contribution in [2.45, 2.75) is 4.90 Å². The summed E-state index contributed by atoms with van der Waals surface area (Å²) in [4.78, 5) is 0.244. The van der Waals surface area contributed by atoms with Crippen molar-refractivity contribution < 1.29 is 12.8 Å². The van der Waals surface area contributed by atoms with Crippen LogP contribution in [0.25, 0.3) is 21.9 Å². The summed E-state index contributed by atoms with van der Waals surface area (Å²) in [5.74, 6) is 0. The SMILES string of the molecule is CS(=O)(=O)c1ccc2oc3c(Cl)c(Cl)ccc3c2c1. The Labute approximate surface area is 119 Å². The third-order valence-electron chi connectivity index (χ3n) is 2.93. The number of hydrogen-bond acceptors (Lipinski definition) is 3. The number of sulfone groups is 1. The van der Waals surface area contributed by atoms with Crippen LogP contribution in [0.15, 0.2) is 39.6 Å². The van der Waals surface area contributed by atoms with Gasteiger partial charge >= 0.3 is 0 Å². The Kier molecular flexibility index (Phi) is 2.78. The van der Waals surface area contributed by atoms with E-state index in [4.69, 9.17) is 27.6 Å². The maximum absolute atomic E-state index is 11.6. The fraction of sp³-hybridized carbons (Fsp3) is 0.0769. The monoisotopic (exact) mass is 314 g/mol. The van der Waals surface area contributed by atoms with Crippen molar-refractivity contribution in [1.29, 1.82) is 0 Å². The van der Waals surface area contributed by atoms with Gasteiger partial charge in [0.15, 0.2) is 15.4 Å². The molecule has 3 rings (SSSR count). The fourth-order valence-corrected chi connectivity index (χ4v) is 2.99. The highest BCUT2D eigenvalue weighted by Crippen LogP contribution is 2.37. The lowest BCUT2D eigenvalue weighted by atomic mass is 10.1. The Balaban J connectivity index is 2.47. The molecule has 0 aliphatic rings. The molecule has 19 heavy (non-hydrogen) atoms. The lowest BCUT2D eigenvalue weighted by Crippen LogP contribution is -1.95. The molecule has 0 saturated heterocycles. The lowest BCUT2D eigenvalue weighted by molar-refractivity contribution is 0.602. The van der Waals surface area contributed by atoms with Crippen LogP contribution in [0.5, 0.6) is 0 Å². The van der Waals surface area contributed by atoms with Crippen molar-refractivity contribution in [2.24, 2.45) is 0 Å². The third-order valence-corrected chi connectivity index (χ3v) is 4.83. The molecule has 3 nitrogen and oxygen atoms in total. The number of furan rings is 1. The van der Waals surface area contributed by atoms with Gasteiger partial charge in [0, 0.05) is 17.0 Å². The number of fused-ring (bicyclic) bond motifs is 3. The maximum atomic E-state index is 11.6. The highest BCUT2D eigenvalue weighted by Gasteiger charge is 2.15. The molecule has 0 N–H and O–H groups in total. The van der Waals surface area contributed by atoms with Gasteiger partial charge in [0.25, 0.3) is 0 Å². The second-order valence-corrected chi connectivity index (χ2v) is 7.07. The zero-order valence-electron chi connectivity index (χ0n) is 9.78. The Morgan fingerprint density at radius 1 is 1.05 bits per heavy atom. The number of rotatable bonds is 1. The van der Waals surface area contributed by atoms with Gasteiger partial charge in [-0.05, 0) is 30.3 Å². The van der Waals surface area contributed by atoms with Crippen molar-refractivity contribution in [2.75, 3.05) is 6.26 Å². The van der Waals surface area contributed by atoms with E-state index in [1.165, 1.54) is 12.3 Å². The van der Waals surface area contributed by atoms with Gasteiger partial charge in [-0.2, -0.15) is 0 Å². The molecule has 0 saturated carbocycles. The zero-order valence-corrected chi connectivity index (χ0v) is 12.1. The Hall–Kier alpha value is -1.23. The number of benzene rings is 2. The van der Waals surface area contributed by atoms with E-state index >= 15 is 0 Å². The molecule has 98 valence electrons. The van der Waals surface area contributed by atoms with Crippen LogP contribution in [0, 0.1) is 0 Å². The average Bonchev–Trinajstić information content (AvgIpc) is 2.71. The second kappa shape index (κ2) is 4.13. The third kappa shape index (κ3) is 2.00. The molecule has 0 spiro atoms. The smallest absolute Gasteiger partial charge is 0.175 e. The number of halogens is 2. The summed E-state index contributed by atoms with van der Waals surface area (Å²) in [6, 6.07) is 8.14. The molecule has 3 aromatic rings. The summed E-state index contributed by atoms with van der Waals surface area (Å²) < 4.78 is 28.8. The van der Waals surface area contributed by atoms with Crippen LogP contribution in [-0.2, 0) is 9.84 Å². The molecule has 0 fully saturated rings. The van der Waals surface area contributed by atoms with Crippen molar-refractivity contribution in [3.63, 3.8) is 0 Å². The van der Waals surface area contributed by atoms with Crippen LogP contribution in [-0.4, -0.2) is 14.7 Å². The molecule has 0 unspecified atom stereocenters. The molecule has 0 aliphatic carbocycles. The highest BCUT2D eigenvalue weighted by molar-refractivity contribution is 7.90. The van der Waals surface area contributed by atoms with Gasteiger partial charge in [0.1, 0.15) is 10.6 Å². The van der Waals surface area contributed by atoms with E-state index in [0.29, 0.717) is 26.6 Å². The van der Waals surface area contributed by atoms with Gasteiger partial charge < -0.3 is 4.42 Å². The van der Waals surface area contributed by atoms with Gasteiger partial charge in [-0.25, -0.2) is 8.42 Å². The molecule has 6 heteroatoms. The van der Waals surface area contributed by atoms with Crippen molar-refractivity contribution in [3.05, 3.63) is 40.4 Å². The topological polar surface area (TPSA) is 47.3 Å². The Morgan fingerprint density at radius 3 is 2.47 bits per heavy atom. The quantitative estimate of drug-likeness (QED) is 0.673. The van der Waals surface area contributed by atoms with Crippen LogP contribution in [0.4, 0.5) is 0 Å². The van der Waals surface area contributed by atoms with Gasteiger partial charge in [-0.15, -0.1) is 0 Å². The largest absolute Gasteiger partial charge is 0.454 e. The Bertz CT molecular complexity index is 910. The second-order valence-electron chi connectivity index (χ2n) is 4.27. The molecule has 1 aromatic heterocycles. The predicted molar refractivity (Wildman–Crippen MR) is 76.8 cm³/mol. The van der Waals surface area contributed by atoms with Gasteiger partial charge in [0.05, 0.1) is 9.92 Å². The standard InChI is InChI=1S/C13H8Cl2O3S/c1-19(16,17)7-2-5-11-9(6-7)8-3-4-10(14)12(15)13(8)18-11/h2-6H,1H3. The molecule has 0 radical (unpaired) electrons. The van der Waals surface area contributed by atoms with Crippen molar-refractivity contribution in [3.8, 4) is 0 Å². The highest BCUT2D eigenvalue weighted by atomic mass is 35.5. The van der Waals surface area contributed by atoms with Crippen LogP contribution in [0.3, 0.4) is 0 Å². The lowest BCUT2D eigenvalue weighted by Gasteiger charge is -1.97. The van der Waals surface area contributed by atoms with E-state index in [1.807, 2.05) is 0 Å². The van der Waals surface area contributed by atoms with Crippen molar-refractivity contribution >= 4 is 55.0 Å². The van der Waals surface area contributed by atoms with E-state index in [2.05, 4.69) is 0 Å². The summed E-state index contributed by atoms with van der Waals surface area (Å²) in [5, 5.41) is 2.18. The first-order chi connectivity index (χ1) is 8.88. The first-order valence-corrected chi connectivity index (χ1v) is 8.03. The van der Waals surface area contributed by atoms with Crippen LogP contribution in [0.2, 0.25) is 10.0 Å². The van der Waals surface area contributed by atoms with Gasteiger partial charge in [-0.3, -0.25) is 0 Å². The van der Waals surface area contributed by atoms with Crippen LogP contribution in [0.1, 0.15) is 0 Å². The fourth-order valence-electron chi connectivity index (χ4n) is 1.99. The normalized spacial score (nSPS) is 12.4. The summed E-state index contributed by atoms with van der Waals surface area (Å²) in [6.45, 7) is 0. The summed E-state index contributed by atoms with van der Waals surface area (Å²) in [7, 11) is -3.26. The minimum atomic E-state index is -3.26. The predicted octanol–water partition coefficient (Wildman–Crippen LogP) is 4.30. The average molecular weight is 315 g/mol. The zero-order chi connectivity index (χ0) is 13.8. The summed E-state index contributed by atoms with van der Waals surface area (Å²) >= 11 is 12.0. The molecule has 1 heterocycles. The molecule has 0 bridgehead atoms. The van der Waals surface area contributed by atoms with Crippen molar-refractivity contribution in [1.82, 2.24) is 0 Å². The first kappa shape index (κ1) is 12.8. The Morgan fingerprint density at radius 2 is 1.79 bits per heavy atom. The first-order valence-electron chi connectivity index (χ1n) is 5.38. The number of hydrogen-bond donors (Lipinski definition) is 0. The van der Waals surface area contributed by atoms with E-state index in [-0.39, 0.29) is 4.90 Å². The van der Waals surface area contributed by atoms with Crippen LogP contribution < -0.4 is 0 Å². The van der Waals surface area contributed by atoms with E-state index < -0.39 is 9.84 Å². The molecule has 0 aliphatic heterocycles. The van der Waals surface area contributed by atoms with Crippen LogP contribution >= 0.6 is 23.2 Å². The van der Waals surface area contributed by atoms with Gasteiger partial charge in [-0.1, -0.05) is 23.2 Å². The molecule has 0 atom stereocenters. The molecular formula is C13H8Cl2O3S. The summed E-state index contributed by atoms with van der Waals surface area (Å²) in [5.41, 5.74) is 1.04. The molecular weight excluding hydrogens is 307 g/mol.